The van der Waals surface area contributed by atoms with Crippen LogP contribution in [0.1, 0.15) is 31.8 Å². The molecule has 1 aromatic heterocycles. The van der Waals surface area contributed by atoms with Gasteiger partial charge in [0.25, 0.3) is 11.8 Å². The van der Waals surface area contributed by atoms with Gasteiger partial charge in [-0.05, 0) is 60.0 Å². The number of carbonyl (C=O) groups is 2. The zero-order valence-corrected chi connectivity index (χ0v) is 15.9. The van der Waals surface area contributed by atoms with Gasteiger partial charge in [-0.3, -0.25) is 14.6 Å². The van der Waals surface area contributed by atoms with Crippen LogP contribution in [0.2, 0.25) is 5.02 Å². The molecule has 0 radical (unpaired) electrons. The Balaban J connectivity index is 1.54. The molecule has 6 heteroatoms. The fraction of sp³-hybridized carbons (Fsp3) is 0.136. The van der Waals surface area contributed by atoms with Crippen LogP contribution >= 0.6 is 11.6 Å². The summed E-state index contributed by atoms with van der Waals surface area (Å²) in [4.78, 5) is 28.7. The lowest BCUT2D eigenvalue weighted by Gasteiger charge is -2.08. The number of nitrogens with one attached hydrogen (secondary N) is 2. The second-order valence-corrected chi connectivity index (χ2v) is 6.69. The van der Waals surface area contributed by atoms with Gasteiger partial charge in [-0.15, -0.1) is 0 Å². The molecule has 0 aliphatic rings. The Kier molecular flexibility index (Phi) is 6.76. The summed E-state index contributed by atoms with van der Waals surface area (Å²) >= 11 is 5.97. The number of nitrogens with zero attached hydrogens (tertiary/aromatic N) is 1. The van der Waals surface area contributed by atoms with Crippen LogP contribution in [0.4, 0.5) is 0 Å². The standard InChI is InChI=1S/C22H20ClN3O2/c23-20-6-1-3-16(13-20)9-12-25-21(27)18-4-2-5-19(14-18)22(28)26-15-17-7-10-24-11-8-17/h1-8,10-11,13-14H,9,12,15H2,(H,25,27)(H,26,28). The van der Waals surface area contributed by atoms with Gasteiger partial charge in [0.05, 0.1) is 0 Å². The van der Waals surface area contributed by atoms with Gasteiger partial charge in [-0.25, -0.2) is 0 Å². The summed E-state index contributed by atoms with van der Waals surface area (Å²) in [5.74, 6) is -0.448. The average molecular weight is 394 g/mol. The van der Waals surface area contributed by atoms with Gasteiger partial charge < -0.3 is 10.6 Å². The van der Waals surface area contributed by atoms with Crippen molar-refractivity contribution in [1.82, 2.24) is 15.6 Å². The Labute approximate surface area is 168 Å². The Hall–Kier alpha value is -3.18. The fourth-order valence-electron chi connectivity index (χ4n) is 2.70. The van der Waals surface area contributed by atoms with Crippen LogP contribution in [0, 0.1) is 0 Å². The van der Waals surface area contributed by atoms with Crippen LogP contribution in [-0.4, -0.2) is 23.3 Å². The molecular formula is C22H20ClN3O2. The van der Waals surface area contributed by atoms with Crippen LogP contribution in [0.25, 0.3) is 0 Å². The lowest BCUT2D eigenvalue weighted by molar-refractivity contribution is 0.0950. The first kappa shape index (κ1) is 19.6. The molecule has 5 nitrogen and oxygen atoms in total. The second-order valence-electron chi connectivity index (χ2n) is 6.25. The van der Waals surface area contributed by atoms with E-state index in [4.69, 9.17) is 11.6 Å². The molecule has 0 atom stereocenters. The Morgan fingerprint density at radius 1 is 0.821 bits per heavy atom. The van der Waals surface area contributed by atoms with Crippen LogP contribution in [0.3, 0.4) is 0 Å². The van der Waals surface area contributed by atoms with Crippen molar-refractivity contribution in [2.24, 2.45) is 0 Å². The van der Waals surface area contributed by atoms with Crippen molar-refractivity contribution in [2.75, 3.05) is 6.54 Å². The molecule has 2 N–H and O–H groups in total. The molecule has 0 spiro atoms. The number of aromatic nitrogens is 1. The predicted molar refractivity (Wildman–Crippen MR) is 109 cm³/mol. The molecule has 0 fully saturated rings. The third kappa shape index (κ3) is 5.66. The molecule has 0 aliphatic carbocycles. The lowest BCUT2D eigenvalue weighted by Crippen LogP contribution is -2.27. The van der Waals surface area contributed by atoms with Crippen molar-refractivity contribution in [3.63, 3.8) is 0 Å². The minimum absolute atomic E-state index is 0.217. The minimum atomic E-state index is -0.231. The number of hydrogen-bond acceptors (Lipinski definition) is 3. The number of pyridine rings is 1. The highest BCUT2D eigenvalue weighted by Crippen LogP contribution is 2.11. The summed E-state index contributed by atoms with van der Waals surface area (Å²) < 4.78 is 0. The molecule has 2 amide bonds. The van der Waals surface area contributed by atoms with Crippen LogP contribution < -0.4 is 10.6 Å². The van der Waals surface area contributed by atoms with Gasteiger partial charge in [0.2, 0.25) is 0 Å². The van der Waals surface area contributed by atoms with Gasteiger partial charge in [0.15, 0.2) is 0 Å². The van der Waals surface area contributed by atoms with Crippen LogP contribution in [0.5, 0.6) is 0 Å². The summed E-state index contributed by atoms with van der Waals surface area (Å²) in [6, 6.07) is 17.9. The number of hydrogen-bond donors (Lipinski definition) is 2. The van der Waals surface area contributed by atoms with E-state index in [2.05, 4.69) is 15.6 Å². The molecule has 1 heterocycles. The quantitative estimate of drug-likeness (QED) is 0.643. The van der Waals surface area contributed by atoms with E-state index in [0.717, 1.165) is 11.1 Å². The minimum Gasteiger partial charge on any atom is -0.352 e. The van der Waals surface area contributed by atoms with Gasteiger partial charge >= 0.3 is 0 Å². The van der Waals surface area contributed by atoms with E-state index in [9.17, 15) is 9.59 Å². The molecule has 0 bridgehead atoms. The van der Waals surface area contributed by atoms with E-state index in [1.807, 2.05) is 36.4 Å². The molecule has 142 valence electrons. The zero-order valence-electron chi connectivity index (χ0n) is 15.2. The summed E-state index contributed by atoms with van der Waals surface area (Å²) in [7, 11) is 0. The lowest BCUT2D eigenvalue weighted by atomic mass is 10.1. The third-order valence-corrected chi connectivity index (χ3v) is 4.41. The van der Waals surface area contributed by atoms with Crippen molar-refractivity contribution < 1.29 is 9.59 Å². The summed E-state index contributed by atoms with van der Waals surface area (Å²) in [6.07, 6.45) is 4.03. The zero-order chi connectivity index (χ0) is 19.8. The highest BCUT2D eigenvalue weighted by Gasteiger charge is 2.10. The predicted octanol–water partition coefficient (Wildman–Crippen LogP) is 3.64. The van der Waals surface area contributed by atoms with Gasteiger partial charge in [0, 0.05) is 41.6 Å². The highest BCUT2D eigenvalue weighted by atomic mass is 35.5. The van der Waals surface area contributed by atoms with Crippen molar-refractivity contribution in [3.8, 4) is 0 Å². The largest absolute Gasteiger partial charge is 0.352 e. The van der Waals surface area contributed by atoms with Crippen LogP contribution in [0.15, 0.2) is 73.1 Å². The Morgan fingerprint density at radius 3 is 2.21 bits per heavy atom. The molecule has 0 aliphatic heterocycles. The van der Waals surface area contributed by atoms with E-state index >= 15 is 0 Å². The monoisotopic (exact) mass is 393 g/mol. The van der Waals surface area contributed by atoms with Crippen molar-refractivity contribution in [1.29, 1.82) is 0 Å². The van der Waals surface area contributed by atoms with Crippen LogP contribution in [-0.2, 0) is 13.0 Å². The number of carbonyl (C=O) groups excluding carboxylic acids is 2. The molecule has 3 aromatic rings. The Morgan fingerprint density at radius 2 is 1.50 bits per heavy atom. The first-order chi connectivity index (χ1) is 13.6. The molecule has 0 saturated heterocycles. The van der Waals surface area contributed by atoms with E-state index in [-0.39, 0.29) is 11.8 Å². The molecule has 28 heavy (non-hydrogen) atoms. The first-order valence-electron chi connectivity index (χ1n) is 8.91. The van der Waals surface area contributed by atoms with Crippen molar-refractivity contribution in [3.05, 3.63) is 100 Å². The number of rotatable bonds is 7. The third-order valence-electron chi connectivity index (χ3n) is 4.18. The molecule has 2 aromatic carbocycles. The average Bonchev–Trinajstić information content (AvgIpc) is 2.73. The van der Waals surface area contributed by atoms with Gasteiger partial charge in [0.1, 0.15) is 0 Å². The topological polar surface area (TPSA) is 71.1 Å². The van der Waals surface area contributed by atoms with E-state index in [0.29, 0.717) is 35.7 Å². The van der Waals surface area contributed by atoms with E-state index in [1.54, 1.807) is 36.7 Å². The maximum Gasteiger partial charge on any atom is 0.251 e. The smallest absolute Gasteiger partial charge is 0.251 e. The number of benzene rings is 2. The van der Waals surface area contributed by atoms with Gasteiger partial charge in [-0.1, -0.05) is 29.8 Å². The number of halogens is 1. The maximum atomic E-state index is 12.4. The summed E-state index contributed by atoms with van der Waals surface area (Å²) in [6.45, 7) is 0.884. The van der Waals surface area contributed by atoms with E-state index in [1.165, 1.54) is 0 Å². The van der Waals surface area contributed by atoms with E-state index < -0.39 is 0 Å². The maximum absolute atomic E-state index is 12.4. The van der Waals surface area contributed by atoms with Gasteiger partial charge in [-0.2, -0.15) is 0 Å². The number of amides is 2. The Bertz CT molecular complexity index is 961. The summed E-state index contributed by atoms with van der Waals surface area (Å²) in [5, 5.41) is 6.39. The molecular weight excluding hydrogens is 374 g/mol. The fourth-order valence-corrected chi connectivity index (χ4v) is 2.91. The second kappa shape index (κ2) is 9.67. The highest BCUT2D eigenvalue weighted by molar-refractivity contribution is 6.30. The van der Waals surface area contributed by atoms with Crippen molar-refractivity contribution in [2.45, 2.75) is 13.0 Å². The van der Waals surface area contributed by atoms with Crippen molar-refractivity contribution >= 4 is 23.4 Å². The molecule has 3 rings (SSSR count). The molecule has 0 unspecified atom stereocenters. The molecule has 0 saturated carbocycles. The summed E-state index contributed by atoms with van der Waals surface area (Å²) in [5.41, 5.74) is 2.90. The normalized spacial score (nSPS) is 10.3. The first-order valence-corrected chi connectivity index (χ1v) is 9.29. The SMILES string of the molecule is O=C(NCCc1cccc(Cl)c1)c1cccc(C(=O)NCc2ccncc2)c1.